The van der Waals surface area contributed by atoms with Gasteiger partial charge in [0.05, 0.1) is 12.3 Å². The molecule has 0 bridgehead atoms. The van der Waals surface area contributed by atoms with Crippen molar-refractivity contribution in [3.05, 3.63) is 18.0 Å². The first-order valence-corrected chi connectivity index (χ1v) is 5.39. The third kappa shape index (κ3) is 2.35. The molecule has 0 aromatic carbocycles. The first kappa shape index (κ1) is 9.71. The lowest BCUT2D eigenvalue weighted by Crippen LogP contribution is -2.20. The van der Waals surface area contributed by atoms with E-state index in [0.717, 1.165) is 19.3 Å². The van der Waals surface area contributed by atoms with Crippen molar-refractivity contribution in [2.45, 2.75) is 38.2 Å². The number of hydrogen-bond donors (Lipinski definition) is 1. The monoisotopic (exact) mass is 194 g/mol. The lowest BCUT2D eigenvalue weighted by atomic mass is 9.84. The quantitative estimate of drug-likeness (QED) is 0.775. The molecule has 0 saturated heterocycles. The second-order valence-corrected chi connectivity index (χ2v) is 4.41. The van der Waals surface area contributed by atoms with E-state index in [4.69, 9.17) is 0 Å². The van der Waals surface area contributed by atoms with Crippen LogP contribution in [0.3, 0.4) is 0 Å². The van der Waals surface area contributed by atoms with Crippen LogP contribution in [0.1, 0.15) is 31.2 Å². The van der Waals surface area contributed by atoms with E-state index in [-0.39, 0.29) is 6.10 Å². The lowest BCUT2D eigenvalue weighted by Gasteiger charge is -2.25. The van der Waals surface area contributed by atoms with E-state index >= 15 is 0 Å². The Morgan fingerprint density at radius 2 is 2.43 bits per heavy atom. The van der Waals surface area contributed by atoms with Gasteiger partial charge in [-0.15, -0.1) is 0 Å². The average Bonchev–Trinajstić information content (AvgIpc) is 2.51. The van der Waals surface area contributed by atoms with E-state index < -0.39 is 0 Å². The minimum atomic E-state index is -0.0644. The van der Waals surface area contributed by atoms with Crippen LogP contribution in [-0.2, 0) is 13.5 Å². The summed E-state index contributed by atoms with van der Waals surface area (Å²) in [5.74, 6) is 0.656. The zero-order chi connectivity index (χ0) is 9.97. The van der Waals surface area contributed by atoms with Crippen LogP contribution in [0.2, 0.25) is 0 Å². The first-order chi connectivity index (χ1) is 6.74. The van der Waals surface area contributed by atoms with Gasteiger partial charge in [-0.3, -0.25) is 4.68 Å². The highest BCUT2D eigenvalue weighted by Gasteiger charge is 2.20. The molecule has 2 rings (SSSR count). The smallest absolute Gasteiger partial charge is 0.0543 e. The summed E-state index contributed by atoms with van der Waals surface area (Å²) in [7, 11) is 1.94. The summed E-state index contributed by atoms with van der Waals surface area (Å²) in [4.78, 5) is 0. The largest absolute Gasteiger partial charge is 0.393 e. The fourth-order valence-corrected chi connectivity index (χ4v) is 2.36. The fraction of sp³-hybridized carbons (Fsp3) is 0.727. The maximum atomic E-state index is 9.54. The number of rotatable bonds is 2. The SMILES string of the molecule is Cn1cc(CC2CCCC(O)C2)cn1. The molecule has 1 saturated carbocycles. The molecule has 1 N–H and O–H groups in total. The molecule has 0 amide bonds. The zero-order valence-electron chi connectivity index (χ0n) is 8.69. The van der Waals surface area contributed by atoms with Crippen LogP contribution in [0.5, 0.6) is 0 Å². The van der Waals surface area contributed by atoms with Crippen molar-refractivity contribution in [2.75, 3.05) is 0 Å². The Balaban J connectivity index is 1.90. The summed E-state index contributed by atoms with van der Waals surface area (Å²) >= 11 is 0. The summed E-state index contributed by atoms with van der Waals surface area (Å²) in [6.45, 7) is 0. The van der Waals surface area contributed by atoms with Gasteiger partial charge in [0, 0.05) is 13.2 Å². The Morgan fingerprint density at radius 1 is 1.57 bits per heavy atom. The van der Waals surface area contributed by atoms with Crippen LogP contribution in [0.4, 0.5) is 0 Å². The number of aliphatic hydroxyl groups is 1. The molecule has 1 heterocycles. The molecule has 2 unspecified atom stereocenters. The number of aryl methyl sites for hydroxylation is 1. The number of hydrogen-bond acceptors (Lipinski definition) is 2. The zero-order valence-corrected chi connectivity index (χ0v) is 8.69. The van der Waals surface area contributed by atoms with Crippen molar-refractivity contribution in [1.29, 1.82) is 0 Å². The average molecular weight is 194 g/mol. The Labute approximate surface area is 84.7 Å². The minimum Gasteiger partial charge on any atom is -0.393 e. The second kappa shape index (κ2) is 4.13. The van der Waals surface area contributed by atoms with Gasteiger partial charge in [0.15, 0.2) is 0 Å². The highest BCUT2D eigenvalue weighted by Crippen LogP contribution is 2.26. The summed E-state index contributed by atoms with van der Waals surface area (Å²) in [6.07, 6.45) is 9.40. The van der Waals surface area contributed by atoms with Crippen molar-refractivity contribution in [2.24, 2.45) is 13.0 Å². The van der Waals surface area contributed by atoms with Gasteiger partial charge < -0.3 is 5.11 Å². The number of aromatic nitrogens is 2. The standard InChI is InChI=1S/C11H18N2O/c1-13-8-10(7-12-13)5-9-3-2-4-11(14)6-9/h7-9,11,14H,2-6H2,1H3. The van der Waals surface area contributed by atoms with Gasteiger partial charge in [0.25, 0.3) is 0 Å². The topological polar surface area (TPSA) is 38.0 Å². The van der Waals surface area contributed by atoms with Gasteiger partial charge in [-0.05, 0) is 37.2 Å². The van der Waals surface area contributed by atoms with Crippen LogP contribution in [0.25, 0.3) is 0 Å². The van der Waals surface area contributed by atoms with Gasteiger partial charge in [-0.1, -0.05) is 6.42 Å². The maximum Gasteiger partial charge on any atom is 0.0543 e. The molecule has 3 nitrogen and oxygen atoms in total. The Hall–Kier alpha value is -0.830. The summed E-state index contributed by atoms with van der Waals surface area (Å²) in [5, 5.41) is 13.7. The van der Waals surface area contributed by atoms with Crippen molar-refractivity contribution in [3.8, 4) is 0 Å². The van der Waals surface area contributed by atoms with Crippen molar-refractivity contribution < 1.29 is 5.11 Å². The Kier molecular flexibility index (Phi) is 2.87. The van der Waals surface area contributed by atoms with Crippen LogP contribution in [-0.4, -0.2) is 21.0 Å². The lowest BCUT2D eigenvalue weighted by molar-refractivity contribution is 0.101. The molecular weight excluding hydrogens is 176 g/mol. The van der Waals surface area contributed by atoms with E-state index in [0.29, 0.717) is 5.92 Å². The molecule has 3 heteroatoms. The number of aliphatic hydroxyl groups excluding tert-OH is 1. The maximum absolute atomic E-state index is 9.54. The molecule has 1 fully saturated rings. The normalized spacial score (nSPS) is 27.9. The highest BCUT2D eigenvalue weighted by atomic mass is 16.3. The molecule has 78 valence electrons. The predicted octanol–water partition coefficient (Wildman–Crippen LogP) is 1.51. The van der Waals surface area contributed by atoms with Crippen LogP contribution in [0.15, 0.2) is 12.4 Å². The molecule has 0 radical (unpaired) electrons. The van der Waals surface area contributed by atoms with Gasteiger partial charge in [-0.25, -0.2) is 0 Å². The van der Waals surface area contributed by atoms with Gasteiger partial charge in [-0.2, -0.15) is 5.10 Å². The summed E-state index contributed by atoms with van der Waals surface area (Å²) in [5.41, 5.74) is 1.30. The van der Waals surface area contributed by atoms with Gasteiger partial charge in [0.1, 0.15) is 0 Å². The Bertz CT molecular complexity index is 295. The minimum absolute atomic E-state index is 0.0644. The van der Waals surface area contributed by atoms with Crippen molar-refractivity contribution >= 4 is 0 Å². The van der Waals surface area contributed by atoms with E-state index in [2.05, 4.69) is 11.3 Å². The predicted molar refractivity (Wildman–Crippen MR) is 54.9 cm³/mol. The molecule has 1 aromatic rings. The number of nitrogens with zero attached hydrogens (tertiary/aromatic N) is 2. The molecule has 1 aromatic heterocycles. The molecule has 0 aliphatic heterocycles. The van der Waals surface area contributed by atoms with Crippen LogP contribution < -0.4 is 0 Å². The molecule has 2 atom stereocenters. The molecule has 0 spiro atoms. The molecular formula is C11H18N2O. The fourth-order valence-electron chi connectivity index (χ4n) is 2.36. The third-order valence-corrected chi connectivity index (χ3v) is 3.04. The molecule has 1 aliphatic carbocycles. The van der Waals surface area contributed by atoms with E-state index in [1.807, 2.05) is 17.9 Å². The highest BCUT2D eigenvalue weighted by molar-refractivity contribution is 5.05. The summed E-state index contributed by atoms with van der Waals surface area (Å²) in [6, 6.07) is 0. The van der Waals surface area contributed by atoms with E-state index in [9.17, 15) is 5.11 Å². The second-order valence-electron chi connectivity index (χ2n) is 4.41. The van der Waals surface area contributed by atoms with Crippen molar-refractivity contribution in [3.63, 3.8) is 0 Å². The first-order valence-electron chi connectivity index (χ1n) is 5.39. The van der Waals surface area contributed by atoms with E-state index in [1.54, 1.807) is 0 Å². The molecule has 14 heavy (non-hydrogen) atoms. The summed E-state index contributed by atoms with van der Waals surface area (Å²) < 4.78 is 1.84. The van der Waals surface area contributed by atoms with Crippen LogP contribution in [0, 0.1) is 5.92 Å². The molecule has 1 aliphatic rings. The van der Waals surface area contributed by atoms with E-state index in [1.165, 1.54) is 18.4 Å². The van der Waals surface area contributed by atoms with Gasteiger partial charge in [0.2, 0.25) is 0 Å². The third-order valence-electron chi connectivity index (χ3n) is 3.04. The Morgan fingerprint density at radius 3 is 3.07 bits per heavy atom. The van der Waals surface area contributed by atoms with Crippen LogP contribution >= 0.6 is 0 Å². The van der Waals surface area contributed by atoms with Crippen molar-refractivity contribution in [1.82, 2.24) is 9.78 Å². The van der Waals surface area contributed by atoms with Gasteiger partial charge >= 0.3 is 0 Å².